The van der Waals surface area contributed by atoms with Crippen LogP contribution in [-0.4, -0.2) is 36.1 Å². The summed E-state index contributed by atoms with van der Waals surface area (Å²) < 4.78 is 10.7. The van der Waals surface area contributed by atoms with Crippen molar-refractivity contribution in [3.8, 4) is 11.5 Å². The molecule has 3 aromatic carbocycles. The smallest absolute Gasteiger partial charge is 0.325 e. The molecular formula is C25H21N5O5. The highest BCUT2D eigenvalue weighted by atomic mass is 16.7. The normalized spacial score (nSPS) is 18.7. The molecule has 2 aliphatic heterocycles. The van der Waals surface area contributed by atoms with Crippen LogP contribution in [0.3, 0.4) is 0 Å². The minimum atomic E-state index is -1.33. The average Bonchev–Trinajstić information content (AvgIpc) is 3.42. The van der Waals surface area contributed by atoms with Crippen LogP contribution in [0.1, 0.15) is 12.5 Å². The third-order valence-corrected chi connectivity index (χ3v) is 5.71. The zero-order valence-corrected chi connectivity index (χ0v) is 18.7. The van der Waals surface area contributed by atoms with E-state index in [9.17, 15) is 14.4 Å². The number of carbonyl (C=O) groups is 3. The highest BCUT2D eigenvalue weighted by Gasteiger charge is 2.49. The van der Waals surface area contributed by atoms with Crippen molar-refractivity contribution in [2.75, 3.05) is 18.7 Å². The summed E-state index contributed by atoms with van der Waals surface area (Å²) >= 11 is 0. The van der Waals surface area contributed by atoms with E-state index in [-0.39, 0.29) is 6.79 Å². The van der Waals surface area contributed by atoms with Gasteiger partial charge >= 0.3 is 6.03 Å². The third-order valence-electron chi connectivity index (χ3n) is 5.71. The molecule has 0 aliphatic carbocycles. The number of carbonyl (C=O) groups excluding carboxylic acids is 3. The monoisotopic (exact) mass is 471 g/mol. The summed E-state index contributed by atoms with van der Waals surface area (Å²) in [5.74, 6) is 0.0157. The number of fused-ring (bicyclic) bond motifs is 1. The number of nitrogens with zero attached hydrogens (tertiary/aromatic N) is 3. The van der Waals surface area contributed by atoms with E-state index >= 15 is 0 Å². The van der Waals surface area contributed by atoms with Crippen molar-refractivity contribution >= 4 is 34.9 Å². The van der Waals surface area contributed by atoms with E-state index in [1.807, 2.05) is 30.3 Å². The van der Waals surface area contributed by atoms with Crippen LogP contribution in [0.5, 0.6) is 11.5 Å². The number of ether oxygens (including phenoxy) is 2. The summed E-state index contributed by atoms with van der Waals surface area (Å²) in [6.45, 7) is 1.25. The van der Waals surface area contributed by atoms with Gasteiger partial charge in [-0.05, 0) is 61.0 Å². The lowest BCUT2D eigenvalue weighted by Crippen LogP contribution is -2.42. The standard InChI is InChI=1S/C25H21N5O5/c1-25(16-7-12-20-21(13-16)35-15-34-20)23(32)30(24(33)27-25)14-22(31)26-17-8-10-19(11-9-17)29-28-18-5-3-2-4-6-18/h2-13H,14-15H2,1H3,(H,26,31)(H,27,33). The van der Waals surface area contributed by atoms with Gasteiger partial charge in [-0.15, -0.1) is 0 Å². The SMILES string of the molecule is CC1(c2ccc3c(c2)OCO3)NC(=O)N(CC(=O)Nc2ccc(N=Nc3ccccc3)cc2)C1=O. The molecule has 35 heavy (non-hydrogen) atoms. The first kappa shape index (κ1) is 22.1. The molecule has 5 rings (SSSR count). The van der Waals surface area contributed by atoms with Crippen LogP contribution in [0.4, 0.5) is 21.9 Å². The first-order valence-electron chi connectivity index (χ1n) is 10.8. The zero-order chi connectivity index (χ0) is 24.4. The fraction of sp³-hybridized carbons (Fsp3) is 0.160. The van der Waals surface area contributed by atoms with Crippen molar-refractivity contribution in [2.24, 2.45) is 10.2 Å². The number of benzene rings is 3. The number of rotatable bonds is 6. The Morgan fingerprint density at radius 2 is 1.66 bits per heavy atom. The number of urea groups is 1. The van der Waals surface area contributed by atoms with Crippen LogP contribution in [0.15, 0.2) is 83.0 Å². The fourth-order valence-electron chi connectivity index (χ4n) is 3.81. The number of amides is 4. The number of azo groups is 1. The molecule has 0 aromatic heterocycles. The molecule has 10 nitrogen and oxygen atoms in total. The number of anilines is 1. The van der Waals surface area contributed by atoms with Gasteiger partial charge in [0.25, 0.3) is 5.91 Å². The van der Waals surface area contributed by atoms with E-state index in [2.05, 4.69) is 20.9 Å². The summed E-state index contributed by atoms with van der Waals surface area (Å²) in [5.41, 5.74) is 1.04. The Morgan fingerprint density at radius 1 is 0.971 bits per heavy atom. The second-order valence-corrected chi connectivity index (χ2v) is 8.15. The highest BCUT2D eigenvalue weighted by Crippen LogP contribution is 2.37. The van der Waals surface area contributed by atoms with Crippen molar-refractivity contribution in [1.29, 1.82) is 0 Å². The Hall–Kier alpha value is -4.73. The Labute approximate surface area is 200 Å². The Morgan fingerprint density at radius 3 is 2.40 bits per heavy atom. The minimum absolute atomic E-state index is 0.0962. The Kier molecular flexibility index (Phi) is 5.61. The molecule has 1 fully saturated rings. The topological polar surface area (TPSA) is 122 Å². The van der Waals surface area contributed by atoms with Gasteiger partial charge in [0.2, 0.25) is 12.7 Å². The lowest BCUT2D eigenvalue weighted by Gasteiger charge is -2.22. The molecule has 2 N–H and O–H groups in total. The summed E-state index contributed by atoms with van der Waals surface area (Å²) in [5, 5.41) is 13.7. The largest absolute Gasteiger partial charge is 0.454 e. The van der Waals surface area contributed by atoms with Crippen LogP contribution in [0, 0.1) is 0 Å². The number of nitrogens with one attached hydrogen (secondary N) is 2. The van der Waals surface area contributed by atoms with E-state index in [4.69, 9.17) is 9.47 Å². The second kappa shape index (κ2) is 8.90. The molecule has 1 atom stereocenters. The molecule has 3 aromatic rings. The first-order valence-corrected chi connectivity index (χ1v) is 10.8. The molecule has 2 aliphatic rings. The van der Waals surface area contributed by atoms with Gasteiger partial charge in [0.05, 0.1) is 11.4 Å². The van der Waals surface area contributed by atoms with Gasteiger partial charge in [-0.3, -0.25) is 14.5 Å². The van der Waals surface area contributed by atoms with Gasteiger partial charge in [0.1, 0.15) is 12.1 Å². The maximum Gasteiger partial charge on any atom is 0.325 e. The molecule has 0 bridgehead atoms. The molecule has 4 amide bonds. The molecule has 0 saturated carbocycles. The van der Waals surface area contributed by atoms with E-state index in [0.29, 0.717) is 28.4 Å². The van der Waals surface area contributed by atoms with Gasteiger partial charge < -0.3 is 20.1 Å². The molecule has 0 radical (unpaired) electrons. The van der Waals surface area contributed by atoms with Crippen molar-refractivity contribution < 1.29 is 23.9 Å². The van der Waals surface area contributed by atoms with Crippen LogP contribution < -0.4 is 20.1 Å². The van der Waals surface area contributed by atoms with Crippen LogP contribution in [0.2, 0.25) is 0 Å². The molecule has 10 heteroatoms. The average molecular weight is 471 g/mol. The van der Waals surface area contributed by atoms with Crippen LogP contribution in [-0.2, 0) is 15.1 Å². The zero-order valence-electron chi connectivity index (χ0n) is 18.7. The van der Waals surface area contributed by atoms with E-state index in [1.165, 1.54) is 0 Å². The van der Waals surface area contributed by atoms with Gasteiger partial charge in [0, 0.05) is 5.69 Å². The van der Waals surface area contributed by atoms with Gasteiger partial charge in [-0.25, -0.2) is 4.79 Å². The third kappa shape index (κ3) is 4.41. The minimum Gasteiger partial charge on any atom is -0.454 e. The van der Waals surface area contributed by atoms with Gasteiger partial charge in [0.15, 0.2) is 11.5 Å². The maximum atomic E-state index is 13.1. The summed E-state index contributed by atoms with van der Waals surface area (Å²) in [6, 6.07) is 20.4. The van der Waals surface area contributed by atoms with Crippen molar-refractivity contribution in [3.63, 3.8) is 0 Å². The quantitative estimate of drug-likeness (QED) is 0.411. The first-order chi connectivity index (χ1) is 16.9. The molecule has 1 unspecified atom stereocenters. The van der Waals surface area contributed by atoms with Crippen LogP contribution >= 0.6 is 0 Å². The van der Waals surface area contributed by atoms with E-state index in [1.54, 1.807) is 49.4 Å². The van der Waals surface area contributed by atoms with Crippen LogP contribution in [0.25, 0.3) is 0 Å². The van der Waals surface area contributed by atoms with E-state index < -0.39 is 29.9 Å². The summed E-state index contributed by atoms with van der Waals surface area (Å²) in [7, 11) is 0. The number of hydrogen-bond acceptors (Lipinski definition) is 7. The predicted octanol–water partition coefficient (Wildman–Crippen LogP) is 4.24. The van der Waals surface area contributed by atoms with E-state index in [0.717, 1.165) is 10.6 Å². The predicted molar refractivity (Wildman–Crippen MR) is 126 cm³/mol. The van der Waals surface area contributed by atoms with Crippen molar-refractivity contribution in [3.05, 3.63) is 78.4 Å². The molecule has 2 heterocycles. The van der Waals surface area contributed by atoms with Gasteiger partial charge in [-0.2, -0.15) is 10.2 Å². The lowest BCUT2D eigenvalue weighted by atomic mass is 9.91. The molecule has 1 saturated heterocycles. The second-order valence-electron chi connectivity index (χ2n) is 8.15. The number of hydrogen-bond donors (Lipinski definition) is 2. The number of imide groups is 1. The Balaban J connectivity index is 1.22. The van der Waals surface area contributed by atoms with Crippen molar-refractivity contribution in [2.45, 2.75) is 12.5 Å². The van der Waals surface area contributed by atoms with Gasteiger partial charge in [-0.1, -0.05) is 24.3 Å². The summed E-state index contributed by atoms with van der Waals surface area (Å²) in [4.78, 5) is 39.2. The summed E-state index contributed by atoms with van der Waals surface area (Å²) in [6.07, 6.45) is 0. The lowest BCUT2D eigenvalue weighted by molar-refractivity contribution is -0.133. The van der Waals surface area contributed by atoms with Crippen molar-refractivity contribution in [1.82, 2.24) is 10.2 Å². The Bertz CT molecular complexity index is 1330. The molecule has 176 valence electrons. The highest BCUT2D eigenvalue weighted by molar-refractivity contribution is 6.10. The maximum absolute atomic E-state index is 13.1. The molecular weight excluding hydrogens is 450 g/mol. The fourth-order valence-corrected chi connectivity index (χ4v) is 3.81. The molecule has 0 spiro atoms.